The first-order chi connectivity index (χ1) is 16.3. The lowest BCUT2D eigenvalue weighted by Gasteiger charge is -2.15. The SMILES string of the molecule is c1ccc(-c2ccc3ccccc3c2)c(Oc2ccccc2-c2ccc3ccccc3c2)c1. The van der Waals surface area contributed by atoms with Gasteiger partial charge in [0.25, 0.3) is 0 Å². The van der Waals surface area contributed by atoms with Crippen LogP contribution in [0.25, 0.3) is 43.8 Å². The molecule has 0 aromatic heterocycles. The molecule has 0 aliphatic heterocycles. The van der Waals surface area contributed by atoms with Crippen LogP contribution in [-0.2, 0) is 0 Å². The summed E-state index contributed by atoms with van der Waals surface area (Å²) in [6.45, 7) is 0. The highest BCUT2D eigenvalue weighted by molar-refractivity contribution is 5.89. The van der Waals surface area contributed by atoms with Crippen LogP contribution in [0.15, 0.2) is 133 Å². The summed E-state index contributed by atoms with van der Waals surface area (Å²) in [5.74, 6) is 1.70. The molecular formula is C32H22O. The van der Waals surface area contributed by atoms with Gasteiger partial charge >= 0.3 is 0 Å². The van der Waals surface area contributed by atoms with Crippen molar-refractivity contribution < 1.29 is 4.74 Å². The van der Waals surface area contributed by atoms with Crippen LogP contribution in [0.3, 0.4) is 0 Å². The molecule has 0 saturated carbocycles. The van der Waals surface area contributed by atoms with Gasteiger partial charge in [-0.05, 0) is 56.9 Å². The minimum absolute atomic E-state index is 0.848. The second-order valence-electron chi connectivity index (χ2n) is 8.22. The molecule has 0 atom stereocenters. The zero-order valence-electron chi connectivity index (χ0n) is 18.1. The van der Waals surface area contributed by atoms with Crippen LogP contribution in [0.5, 0.6) is 11.5 Å². The summed E-state index contributed by atoms with van der Waals surface area (Å²) in [5.41, 5.74) is 4.45. The summed E-state index contributed by atoms with van der Waals surface area (Å²) in [7, 11) is 0. The Hall–Kier alpha value is -4.36. The quantitative estimate of drug-likeness (QED) is 0.275. The van der Waals surface area contributed by atoms with Gasteiger partial charge in [0.1, 0.15) is 11.5 Å². The van der Waals surface area contributed by atoms with Crippen LogP contribution in [0.1, 0.15) is 0 Å². The van der Waals surface area contributed by atoms with E-state index in [1.54, 1.807) is 0 Å². The molecule has 1 heteroatoms. The van der Waals surface area contributed by atoms with Crippen molar-refractivity contribution in [1.82, 2.24) is 0 Å². The second kappa shape index (κ2) is 8.29. The van der Waals surface area contributed by atoms with Gasteiger partial charge in [-0.2, -0.15) is 0 Å². The molecule has 0 unspecified atom stereocenters. The van der Waals surface area contributed by atoms with Crippen molar-refractivity contribution in [3.63, 3.8) is 0 Å². The number of benzene rings is 6. The van der Waals surface area contributed by atoms with E-state index in [2.05, 4.69) is 109 Å². The standard InChI is InChI=1S/C32H22O/c1-3-11-25-21-27(19-17-23(25)9-1)29-13-5-7-15-31(29)33-32-16-8-6-14-30(32)28-20-18-24-10-2-4-12-26(24)22-28/h1-22H. The van der Waals surface area contributed by atoms with E-state index in [4.69, 9.17) is 4.74 Å². The fourth-order valence-electron chi connectivity index (χ4n) is 4.42. The summed E-state index contributed by atoms with van der Waals surface area (Å²) in [5, 5.41) is 4.92. The van der Waals surface area contributed by atoms with Crippen LogP contribution in [0.4, 0.5) is 0 Å². The minimum atomic E-state index is 0.848. The smallest absolute Gasteiger partial charge is 0.135 e. The Morgan fingerprint density at radius 1 is 0.333 bits per heavy atom. The van der Waals surface area contributed by atoms with Crippen molar-refractivity contribution in [3.05, 3.63) is 133 Å². The first-order valence-corrected chi connectivity index (χ1v) is 11.2. The molecule has 1 nitrogen and oxygen atoms in total. The van der Waals surface area contributed by atoms with E-state index in [9.17, 15) is 0 Å². The van der Waals surface area contributed by atoms with Crippen molar-refractivity contribution in [2.24, 2.45) is 0 Å². The Morgan fingerprint density at radius 3 is 1.21 bits per heavy atom. The molecule has 33 heavy (non-hydrogen) atoms. The number of para-hydroxylation sites is 2. The predicted molar refractivity (Wildman–Crippen MR) is 139 cm³/mol. The fourth-order valence-corrected chi connectivity index (χ4v) is 4.42. The maximum atomic E-state index is 6.57. The van der Waals surface area contributed by atoms with Crippen molar-refractivity contribution in [2.45, 2.75) is 0 Å². The van der Waals surface area contributed by atoms with Crippen molar-refractivity contribution in [2.75, 3.05) is 0 Å². The van der Waals surface area contributed by atoms with E-state index in [1.165, 1.54) is 21.5 Å². The molecule has 0 N–H and O–H groups in total. The Balaban J connectivity index is 1.42. The van der Waals surface area contributed by atoms with E-state index in [-0.39, 0.29) is 0 Å². The Bertz CT molecular complexity index is 1470. The molecule has 0 spiro atoms. The fraction of sp³-hybridized carbons (Fsp3) is 0. The normalized spacial score (nSPS) is 11.0. The predicted octanol–water partition coefficient (Wildman–Crippen LogP) is 9.12. The van der Waals surface area contributed by atoms with Gasteiger partial charge < -0.3 is 4.74 Å². The number of rotatable bonds is 4. The monoisotopic (exact) mass is 422 g/mol. The van der Waals surface area contributed by atoms with Crippen LogP contribution in [0, 0.1) is 0 Å². The van der Waals surface area contributed by atoms with Gasteiger partial charge in [-0.1, -0.05) is 109 Å². The lowest BCUT2D eigenvalue weighted by atomic mass is 9.99. The van der Waals surface area contributed by atoms with Crippen LogP contribution < -0.4 is 4.74 Å². The summed E-state index contributed by atoms with van der Waals surface area (Å²) in [6.07, 6.45) is 0. The average molecular weight is 423 g/mol. The van der Waals surface area contributed by atoms with Crippen LogP contribution >= 0.6 is 0 Å². The first kappa shape index (κ1) is 19.3. The second-order valence-corrected chi connectivity index (χ2v) is 8.22. The van der Waals surface area contributed by atoms with E-state index in [1.807, 2.05) is 24.3 Å². The van der Waals surface area contributed by atoms with Gasteiger partial charge in [-0.3, -0.25) is 0 Å². The molecule has 0 saturated heterocycles. The Labute approximate surface area is 193 Å². The molecule has 0 radical (unpaired) electrons. The lowest BCUT2D eigenvalue weighted by molar-refractivity contribution is 0.486. The van der Waals surface area contributed by atoms with Crippen molar-refractivity contribution in [3.8, 4) is 33.8 Å². The largest absolute Gasteiger partial charge is 0.456 e. The summed E-state index contributed by atoms with van der Waals surface area (Å²) >= 11 is 0. The molecule has 156 valence electrons. The van der Waals surface area contributed by atoms with E-state index in [0.29, 0.717) is 0 Å². The Morgan fingerprint density at radius 2 is 0.727 bits per heavy atom. The van der Waals surface area contributed by atoms with Crippen molar-refractivity contribution >= 4 is 21.5 Å². The zero-order valence-corrected chi connectivity index (χ0v) is 18.1. The third kappa shape index (κ3) is 3.75. The minimum Gasteiger partial charge on any atom is -0.456 e. The molecule has 0 fully saturated rings. The molecule has 0 aliphatic carbocycles. The molecule has 6 rings (SSSR count). The summed E-state index contributed by atoms with van der Waals surface area (Å²) in [6, 6.07) is 46.5. The van der Waals surface area contributed by atoms with E-state index in [0.717, 1.165) is 33.8 Å². The third-order valence-electron chi connectivity index (χ3n) is 6.11. The van der Waals surface area contributed by atoms with E-state index < -0.39 is 0 Å². The van der Waals surface area contributed by atoms with E-state index >= 15 is 0 Å². The highest BCUT2D eigenvalue weighted by Crippen LogP contribution is 2.39. The van der Waals surface area contributed by atoms with Gasteiger partial charge in [0.2, 0.25) is 0 Å². The molecule has 0 aliphatic rings. The molecule has 0 heterocycles. The average Bonchev–Trinajstić information content (AvgIpc) is 2.89. The third-order valence-corrected chi connectivity index (χ3v) is 6.11. The molecular weight excluding hydrogens is 400 g/mol. The highest BCUT2D eigenvalue weighted by Gasteiger charge is 2.12. The Kier molecular flexibility index (Phi) is 4.86. The summed E-state index contributed by atoms with van der Waals surface area (Å²) in [4.78, 5) is 0. The molecule has 0 bridgehead atoms. The lowest BCUT2D eigenvalue weighted by Crippen LogP contribution is -1.91. The van der Waals surface area contributed by atoms with Gasteiger partial charge in [-0.15, -0.1) is 0 Å². The van der Waals surface area contributed by atoms with Crippen LogP contribution in [0.2, 0.25) is 0 Å². The van der Waals surface area contributed by atoms with Gasteiger partial charge in [-0.25, -0.2) is 0 Å². The number of hydrogen-bond acceptors (Lipinski definition) is 1. The number of hydrogen-bond donors (Lipinski definition) is 0. The highest BCUT2D eigenvalue weighted by atomic mass is 16.5. The molecule has 6 aromatic rings. The maximum absolute atomic E-state index is 6.57. The first-order valence-electron chi connectivity index (χ1n) is 11.2. The van der Waals surface area contributed by atoms with Crippen molar-refractivity contribution in [1.29, 1.82) is 0 Å². The van der Waals surface area contributed by atoms with Gasteiger partial charge in [0, 0.05) is 11.1 Å². The molecule has 6 aromatic carbocycles. The van der Waals surface area contributed by atoms with Gasteiger partial charge in [0.05, 0.1) is 0 Å². The van der Waals surface area contributed by atoms with Gasteiger partial charge in [0.15, 0.2) is 0 Å². The summed E-state index contributed by atoms with van der Waals surface area (Å²) < 4.78 is 6.57. The molecule has 0 amide bonds. The topological polar surface area (TPSA) is 9.23 Å². The number of fused-ring (bicyclic) bond motifs is 2. The van der Waals surface area contributed by atoms with Crippen LogP contribution in [-0.4, -0.2) is 0 Å². The number of ether oxygens (including phenoxy) is 1. The zero-order chi connectivity index (χ0) is 22.0. The maximum Gasteiger partial charge on any atom is 0.135 e.